The van der Waals surface area contributed by atoms with Gasteiger partial charge >= 0.3 is 6.18 Å². The molecule has 0 aliphatic rings. The molecule has 0 aliphatic heterocycles. The van der Waals surface area contributed by atoms with E-state index in [1.807, 2.05) is 0 Å². The first kappa shape index (κ1) is 21.3. The van der Waals surface area contributed by atoms with Crippen molar-refractivity contribution in [3.05, 3.63) is 59.2 Å². The first-order chi connectivity index (χ1) is 11.1. The van der Waals surface area contributed by atoms with Crippen molar-refractivity contribution < 1.29 is 21.6 Å². The fourth-order valence-electron chi connectivity index (χ4n) is 2.22. The molecular formula is C16H18ClF3N2O2S. The SMILES string of the molecule is Cc1cc(C(F)(F)F)ccc1S(=O)(=O)NCCc1ccc(N)cc1.Cl. The van der Waals surface area contributed by atoms with E-state index < -0.39 is 21.8 Å². The minimum atomic E-state index is -4.50. The summed E-state index contributed by atoms with van der Waals surface area (Å²) in [5.41, 5.74) is 6.25. The van der Waals surface area contributed by atoms with Gasteiger partial charge in [-0.05, 0) is 54.8 Å². The number of benzene rings is 2. The Morgan fingerprint density at radius 3 is 2.20 bits per heavy atom. The summed E-state index contributed by atoms with van der Waals surface area (Å²) in [4.78, 5) is -0.159. The number of hydrogen-bond donors (Lipinski definition) is 2. The lowest BCUT2D eigenvalue weighted by Crippen LogP contribution is -2.26. The predicted molar refractivity (Wildman–Crippen MR) is 93.2 cm³/mol. The van der Waals surface area contributed by atoms with Gasteiger partial charge < -0.3 is 5.73 Å². The van der Waals surface area contributed by atoms with Crippen molar-refractivity contribution >= 4 is 28.1 Å². The first-order valence-corrected chi connectivity index (χ1v) is 8.60. The molecule has 0 atom stereocenters. The highest BCUT2D eigenvalue weighted by molar-refractivity contribution is 7.89. The van der Waals surface area contributed by atoms with Crippen molar-refractivity contribution in [2.24, 2.45) is 0 Å². The fourth-order valence-corrected chi connectivity index (χ4v) is 3.48. The summed E-state index contributed by atoms with van der Waals surface area (Å²) < 4.78 is 64.8. The molecule has 0 radical (unpaired) electrons. The third kappa shape index (κ3) is 5.62. The van der Waals surface area contributed by atoms with E-state index in [9.17, 15) is 21.6 Å². The van der Waals surface area contributed by atoms with Gasteiger partial charge in [0.2, 0.25) is 10.0 Å². The zero-order valence-electron chi connectivity index (χ0n) is 13.3. The standard InChI is InChI=1S/C16H17F3N2O2S.ClH/c1-11-10-13(16(17,18)19)4-7-15(11)24(22,23)21-9-8-12-2-5-14(20)6-3-12;/h2-7,10,21H,8-9,20H2,1H3;1H. The second kappa shape index (κ2) is 8.07. The van der Waals surface area contributed by atoms with E-state index in [4.69, 9.17) is 5.73 Å². The molecule has 25 heavy (non-hydrogen) atoms. The molecule has 0 saturated heterocycles. The van der Waals surface area contributed by atoms with E-state index in [0.29, 0.717) is 12.1 Å². The Kier molecular flexibility index (Phi) is 6.87. The Hall–Kier alpha value is -1.77. The highest BCUT2D eigenvalue weighted by atomic mass is 35.5. The van der Waals surface area contributed by atoms with Gasteiger partial charge in [0.05, 0.1) is 10.5 Å². The maximum atomic E-state index is 12.6. The van der Waals surface area contributed by atoms with Gasteiger partial charge in [0.1, 0.15) is 0 Å². The van der Waals surface area contributed by atoms with Gasteiger partial charge in [-0.15, -0.1) is 12.4 Å². The van der Waals surface area contributed by atoms with Crippen LogP contribution in [0, 0.1) is 6.92 Å². The zero-order chi connectivity index (χ0) is 18.0. The number of aryl methyl sites for hydroxylation is 1. The van der Waals surface area contributed by atoms with Crippen LogP contribution in [0.25, 0.3) is 0 Å². The third-order valence-electron chi connectivity index (χ3n) is 3.48. The minimum Gasteiger partial charge on any atom is -0.399 e. The molecule has 138 valence electrons. The van der Waals surface area contributed by atoms with Crippen molar-refractivity contribution in [3.63, 3.8) is 0 Å². The number of hydrogen-bond acceptors (Lipinski definition) is 3. The van der Waals surface area contributed by atoms with Crippen molar-refractivity contribution in [3.8, 4) is 0 Å². The molecule has 0 bridgehead atoms. The van der Waals surface area contributed by atoms with E-state index in [-0.39, 0.29) is 29.4 Å². The summed E-state index contributed by atoms with van der Waals surface area (Å²) in [5, 5.41) is 0. The van der Waals surface area contributed by atoms with Crippen LogP contribution in [0.1, 0.15) is 16.7 Å². The molecule has 2 rings (SSSR count). The van der Waals surface area contributed by atoms with Crippen LogP contribution in [0.2, 0.25) is 0 Å². The van der Waals surface area contributed by atoms with Gasteiger partial charge in [0, 0.05) is 12.2 Å². The first-order valence-electron chi connectivity index (χ1n) is 7.11. The molecule has 9 heteroatoms. The monoisotopic (exact) mass is 394 g/mol. The maximum absolute atomic E-state index is 12.6. The largest absolute Gasteiger partial charge is 0.416 e. The van der Waals surface area contributed by atoms with Crippen molar-refractivity contribution in [2.45, 2.75) is 24.4 Å². The molecule has 0 fully saturated rings. The summed E-state index contributed by atoms with van der Waals surface area (Å²) in [6.45, 7) is 1.47. The molecule has 0 amide bonds. The second-order valence-electron chi connectivity index (χ2n) is 5.37. The Labute approximate surface area is 150 Å². The molecule has 2 aromatic carbocycles. The number of anilines is 1. The smallest absolute Gasteiger partial charge is 0.399 e. The lowest BCUT2D eigenvalue weighted by molar-refractivity contribution is -0.137. The van der Waals surface area contributed by atoms with Crippen LogP contribution in [0.5, 0.6) is 0 Å². The number of sulfonamides is 1. The quantitative estimate of drug-likeness (QED) is 0.762. The highest BCUT2D eigenvalue weighted by Gasteiger charge is 2.31. The van der Waals surface area contributed by atoms with Crippen LogP contribution < -0.4 is 10.5 Å². The number of rotatable bonds is 5. The second-order valence-corrected chi connectivity index (χ2v) is 7.10. The molecule has 2 aromatic rings. The Bertz CT molecular complexity index is 822. The number of nitrogens with one attached hydrogen (secondary N) is 1. The molecule has 3 N–H and O–H groups in total. The number of halogens is 4. The van der Waals surface area contributed by atoms with Gasteiger partial charge in [0.15, 0.2) is 0 Å². The van der Waals surface area contributed by atoms with Gasteiger partial charge in [-0.25, -0.2) is 13.1 Å². The van der Waals surface area contributed by atoms with E-state index in [0.717, 1.165) is 23.8 Å². The number of alkyl halides is 3. The van der Waals surface area contributed by atoms with Crippen LogP contribution in [0.4, 0.5) is 18.9 Å². The molecule has 0 heterocycles. The normalized spacial score (nSPS) is 11.8. The molecule has 0 unspecified atom stereocenters. The van der Waals surface area contributed by atoms with Gasteiger partial charge in [-0.3, -0.25) is 0 Å². The predicted octanol–water partition coefficient (Wildman–Crippen LogP) is 3.54. The highest BCUT2D eigenvalue weighted by Crippen LogP contribution is 2.31. The van der Waals surface area contributed by atoms with E-state index in [1.165, 1.54) is 6.92 Å². The average molecular weight is 395 g/mol. The zero-order valence-corrected chi connectivity index (χ0v) is 14.9. The third-order valence-corrected chi connectivity index (χ3v) is 5.10. The van der Waals surface area contributed by atoms with Crippen molar-refractivity contribution in [1.29, 1.82) is 0 Å². The van der Waals surface area contributed by atoms with E-state index in [2.05, 4.69) is 4.72 Å². The Morgan fingerprint density at radius 2 is 1.68 bits per heavy atom. The van der Waals surface area contributed by atoms with Crippen LogP contribution in [-0.2, 0) is 22.6 Å². The van der Waals surface area contributed by atoms with Crippen molar-refractivity contribution in [1.82, 2.24) is 4.72 Å². The summed E-state index contributed by atoms with van der Waals surface area (Å²) >= 11 is 0. The molecule has 0 aromatic heterocycles. The van der Waals surface area contributed by atoms with Crippen LogP contribution >= 0.6 is 12.4 Å². The van der Waals surface area contributed by atoms with E-state index in [1.54, 1.807) is 24.3 Å². The molecule has 4 nitrogen and oxygen atoms in total. The number of nitrogen functional groups attached to an aromatic ring is 1. The summed E-state index contributed by atoms with van der Waals surface area (Å²) in [5.74, 6) is 0. The summed E-state index contributed by atoms with van der Waals surface area (Å²) in [7, 11) is -3.87. The Morgan fingerprint density at radius 1 is 1.08 bits per heavy atom. The van der Waals surface area contributed by atoms with Gasteiger partial charge in [-0.2, -0.15) is 13.2 Å². The van der Waals surface area contributed by atoms with Crippen LogP contribution in [-0.4, -0.2) is 15.0 Å². The average Bonchev–Trinajstić information content (AvgIpc) is 2.48. The number of nitrogens with two attached hydrogens (primary N) is 1. The van der Waals surface area contributed by atoms with Gasteiger partial charge in [-0.1, -0.05) is 12.1 Å². The molecular weight excluding hydrogens is 377 g/mol. The maximum Gasteiger partial charge on any atom is 0.416 e. The fraction of sp³-hybridized carbons (Fsp3) is 0.250. The minimum absolute atomic E-state index is 0. The van der Waals surface area contributed by atoms with Crippen molar-refractivity contribution in [2.75, 3.05) is 12.3 Å². The van der Waals surface area contributed by atoms with Crippen LogP contribution in [0.3, 0.4) is 0 Å². The lowest BCUT2D eigenvalue weighted by Gasteiger charge is -2.12. The topological polar surface area (TPSA) is 72.2 Å². The molecule has 0 saturated carbocycles. The van der Waals surface area contributed by atoms with E-state index >= 15 is 0 Å². The lowest BCUT2D eigenvalue weighted by atomic mass is 10.1. The summed E-state index contributed by atoms with van der Waals surface area (Å²) in [6.07, 6.45) is -4.06. The molecule has 0 aliphatic carbocycles. The summed E-state index contributed by atoms with van der Waals surface area (Å²) in [6, 6.07) is 9.56. The Balaban J connectivity index is 0.00000312. The van der Waals surface area contributed by atoms with Crippen LogP contribution in [0.15, 0.2) is 47.4 Å². The van der Waals surface area contributed by atoms with Gasteiger partial charge in [0.25, 0.3) is 0 Å². The molecule has 0 spiro atoms.